The molecule has 2 N–H and O–H groups in total. The fourth-order valence-corrected chi connectivity index (χ4v) is 2.63. The van der Waals surface area contributed by atoms with Crippen molar-refractivity contribution in [2.24, 2.45) is 0 Å². The van der Waals surface area contributed by atoms with E-state index in [9.17, 15) is 13.6 Å². The molecule has 0 radical (unpaired) electrons. The molecule has 7 heteroatoms. The maximum absolute atomic E-state index is 13.5. The van der Waals surface area contributed by atoms with Crippen LogP contribution in [0.5, 0.6) is 0 Å². The third-order valence-electron chi connectivity index (χ3n) is 3.94. The number of fused-ring (bicyclic) bond motifs is 1. The first-order valence-electron chi connectivity index (χ1n) is 7.77. The molecule has 0 aliphatic carbocycles. The molecular formula is C19H12F2N4O. The number of nitrogens with one attached hydrogen (secondary N) is 2. The summed E-state index contributed by atoms with van der Waals surface area (Å²) in [5.41, 5.74) is 1.98. The molecule has 0 fully saturated rings. The first-order valence-corrected chi connectivity index (χ1v) is 7.77. The summed E-state index contributed by atoms with van der Waals surface area (Å²) in [6.45, 7) is 0. The highest BCUT2D eigenvalue weighted by Gasteiger charge is 2.13. The molecule has 0 unspecified atom stereocenters. The van der Waals surface area contributed by atoms with Crippen molar-refractivity contribution in [3.05, 3.63) is 78.3 Å². The van der Waals surface area contributed by atoms with E-state index in [1.807, 2.05) is 0 Å². The molecule has 0 spiro atoms. The van der Waals surface area contributed by atoms with E-state index in [1.54, 1.807) is 42.7 Å². The van der Waals surface area contributed by atoms with Crippen molar-refractivity contribution in [1.29, 1.82) is 0 Å². The summed E-state index contributed by atoms with van der Waals surface area (Å²) in [7, 11) is 0. The highest BCUT2D eigenvalue weighted by Crippen LogP contribution is 2.26. The van der Waals surface area contributed by atoms with E-state index in [-0.39, 0.29) is 5.91 Å². The molecule has 2 aromatic carbocycles. The van der Waals surface area contributed by atoms with Gasteiger partial charge in [0.05, 0.1) is 11.2 Å². The lowest BCUT2D eigenvalue weighted by Crippen LogP contribution is -2.11. The molecule has 2 aromatic heterocycles. The van der Waals surface area contributed by atoms with Gasteiger partial charge < -0.3 is 10.3 Å². The van der Waals surface area contributed by atoms with Crippen molar-refractivity contribution in [2.45, 2.75) is 0 Å². The van der Waals surface area contributed by atoms with Crippen molar-refractivity contribution in [2.75, 3.05) is 5.32 Å². The third kappa shape index (κ3) is 2.90. The highest BCUT2D eigenvalue weighted by atomic mass is 19.2. The molecule has 0 aliphatic heterocycles. The largest absolute Gasteiger partial charge is 0.359 e. The van der Waals surface area contributed by atoms with E-state index >= 15 is 0 Å². The Morgan fingerprint density at radius 1 is 1.00 bits per heavy atom. The Bertz CT molecular complexity index is 1090. The lowest BCUT2D eigenvalue weighted by Gasteiger charge is -2.05. The smallest absolute Gasteiger partial charge is 0.255 e. The van der Waals surface area contributed by atoms with E-state index in [4.69, 9.17) is 0 Å². The zero-order chi connectivity index (χ0) is 18.1. The average molecular weight is 350 g/mol. The van der Waals surface area contributed by atoms with Gasteiger partial charge in [0.1, 0.15) is 0 Å². The standard InChI is InChI=1S/C19H12F2N4O/c20-14-8-13-16(9-15(14)21)24-10-17(13)25-19(26)12-4-2-11(3-5-12)18-22-6-1-7-23-18/h1-10,24H,(H,25,26). The second kappa shape index (κ2) is 6.36. The molecule has 4 aromatic rings. The average Bonchev–Trinajstić information content (AvgIpc) is 3.04. The quantitative estimate of drug-likeness (QED) is 0.583. The van der Waals surface area contributed by atoms with Gasteiger partial charge in [-0.25, -0.2) is 18.7 Å². The summed E-state index contributed by atoms with van der Waals surface area (Å²) in [5.74, 6) is -1.72. The summed E-state index contributed by atoms with van der Waals surface area (Å²) < 4.78 is 26.7. The number of carbonyl (C=O) groups is 1. The number of anilines is 1. The normalized spacial score (nSPS) is 10.8. The van der Waals surface area contributed by atoms with Crippen LogP contribution < -0.4 is 5.32 Å². The molecule has 0 aliphatic rings. The number of hydrogen-bond donors (Lipinski definition) is 2. The van der Waals surface area contributed by atoms with Gasteiger partial charge in [0.25, 0.3) is 5.91 Å². The monoisotopic (exact) mass is 350 g/mol. The van der Waals surface area contributed by atoms with Crippen LogP contribution in [0, 0.1) is 11.6 Å². The van der Waals surface area contributed by atoms with Crippen molar-refractivity contribution in [3.8, 4) is 11.4 Å². The van der Waals surface area contributed by atoms with E-state index in [1.165, 1.54) is 6.20 Å². The maximum Gasteiger partial charge on any atom is 0.255 e. The van der Waals surface area contributed by atoms with E-state index < -0.39 is 11.6 Å². The van der Waals surface area contributed by atoms with E-state index in [0.717, 1.165) is 17.7 Å². The number of benzene rings is 2. The second-order valence-electron chi connectivity index (χ2n) is 5.62. The van der Waals surface area contributed by atoms with Crippen molar-refractivity contribution >= 4 is 22.5 Å². The SMILES string of the molecule is O=C(Nc1c[nH]c2cc(F)c(F)cc12)c1ccc(-c2ncccn2)cc1. The third-order valence-corrected chi connectivity index (χ3v) is 3.94. The molecule has 5 nitrogen and oxygen atoms in total. The highest BCUT2D eigenvalue weighted by molar-refractivity contribution is 6.09. The predicted molar refractivity (Wildman–Crippen MR) is 93.6 cm³/mol. The van der Waals surface area contributed by atoms with Gasteiger partial charge >= 0.3 is 0 Å². The van der Waals surface area contributed by atoms with Crippen LogP contribution in [0.15, 0.2) is 61.1 Å². The van der Waals surface area contributed by atoms with Crippen LogP contribution in [0.25, 0.3) is 22.3 Å². The summed E-state index contributed by atoms with van der Waals surface area (Å²) in [4.78, 5) is 23.5. The van der Waals surface area contributed by atoms with Crippen molar-refractivity contribution in [3.63, 3.8) is 0 Å². The minimum Gasteiger partial charge on any atom is -0.359 e. The Morgan fingerprint density at radius 2 is 1.69 bits per heavy atom. The molecular weight excluding hydrogens is 338 g/mol. The van der Waals surface area contributed by atoms with Gasteiger partial charge in [-0.3, -0.25) is 4.79 Å². The van der Waals surface area contributed by atoms with Crippen LogP contribution in [-0.2, 0) is 0 Å². The van der Waals surface area contributed by atoms with Gasteiger partial charge in [-0.2, -0.15) is 0 Å². The first-order chi connectivity index (χ1) is 12.6. The van der Waals surface area contributed by atoms with Gasteiger partial charge in [-0.1, -0.05) is 12.1 Å². The Balaban J connectivity index is 1.58. The molecule has 128 valence electrons. The van der Waals surface area contributed by atoms with E-state index in [0.29, 0.717) is 28.0 Å². The van der Waals surface area contributed by atoms with Crippen LogP contribution in [0.2, 0.25) is 0 Å². The number of carbonyl (C=O) groups excluding carboxylic acids is 1. The zero-order valence-corrected chi connectivity index (χ0v) is 13.3. The predicted octanol–water partition coefficient (Wildman–Crippen LogP) is 4.16. The summed E-state index contributed by atoms with van der Waals surface area (Å²) in [6, 6.07) is 10.6. The molecule has 4 rings (SSSR count). The Hall–Kier alpha value is -3.61. The maximum atomic E-state index is 13.5. The number of halogens is 2. The lowest BCUT2D eigenvalue weighted by atomic mass is 10.1. The van der Waals surface area contributed by atoms with Crippen molar-refractivity contribution in [1.82, 2.24) is 15.0 Å². The molecule has 0 saturated heterocycles. The number of aromatic amines is 1. The minimum absolute atomic E-state index is 0.365. The topological polar surface area (TPSA) is 70.7 Å². The molecule has 26 heavy (non-hydrogen) atoms. The first kappa shape index (κ1) is 15.9. The number of aromatic nitrogens is 3. The Morgan fingerprint density at radius 3 is 2.42 bits per heavy atom. The summed E-state index contributed by atoms with van der Waals surface area (Å²) >= 11 is 0. The second-order valence-corrected chi connectivity index (χ2v) is 5.62. The van der Waals surface area contributed by atoms with Crippen LogP contribution in [0.3, 0.4) is 0 Å². The Labute approximate surface area is 146 Å². The van der Waals surface area contributed by atoms with Crippen LogP contribution in [0.1, 0.15) is 10.4 Å². The number of amides is 1. The molecule has 0 bridgehead atoms. The molecule has 1 amide bonds. The van der Waals surface area contributed by atoms with Gasteiger partial charge in [0, 0.05) is 41.2 Å². The van der Waals surface area contributed by atoms with Crippen LogP contribution in [-0.4, -0.2) is 20.9 Å². The fraction of sp³-hybridized carbons (Fsp3) is 0. The van der Waals surface area contributed by atoms with Gasteiger partial charge in [0.15, 0.2) is 17.5 Å². The Kier molecular flexibility index (Phi) is 3.89. The van der Waals surface area contributed by atoms with Crippen LogP contribution >= 0.6 is 0 Å². The van der Waals surface area contributed by atoms with Gasteiger partial charge in [-0.05, 0) is 24.3 Å². The lowest BCUT2D eigenvalue weighted by molar-refractivity contribution is 0.102. The molecule has 0 atom stereocenters. The zero-order valence-electron chi connectivity index (χ0n) is 13.3. The van der Waals surface area contributed by atoms with Gasteiger partial charge in [0.2, 0.25) is 0 Å². The molecule has 0 saturated carbocycles. The fourth-order valence-electron chi connectivity index (χ4n) is 2.63. The van der Waals surface area contributed by atoms with Crippen LogP contribution in [0.4, 0.5) is 14.5 Å². The number of nitrogens with zero attached hydrogens (tertiary/aromatic N) is 2. The number of hydrogen-bond acceptors (Lipinski definition) is 3. The molecule has 2 heterocycles. The summed E-state index contributed by atoms with van der Waals surface area (Å²) in [6.07, 6.45) is 4.78. The van der Waals surface area contributed by atoms with E-state index in [2.05, 4.69) is 20.3 Å². The number of rotatable bonds is 3. The van der Waals surface area contributed by atoms with Gasteiger partial charge in [-0.15, -0.1) is 0 Å². The summed E-state index contributed by atoms with van der Waals surface area (Å²) in [5, 5.41) is 3.09. The number of H-pyrrole nitrogens is 1. The van der Waals surface area contributed by atoms with Crippen molar-refractivity contribution < 1.29 is 13.6 Å². The minimum atomic E-state index is -0.972.